The average Bonchev–Trinajstić information content (AvgIpc) is 3.08. The van der Waals surface area contributed by atoms with Crippen molar-refractivity contribution >= 4 is 17.5 Å². The van der Waals surface area contributed by atoms with Crippen molar-refractivity contribution in [1.29, 1.82) is 0 Å². The van der Waals surface area contributed by atoms with Gasteiger partial charge in [0.15, 0.2) is 0 Å². The summed E-state index contributed by atoms with van der Waals surface area (Å²) in [5.74, 6) is -0.176. The van der Waals surface area contributed by atoms with Crippen LogP contribution in [-0.4, -0.2) is 5.91 Å². The maximum atomic E-state index is 12.1. The van der Waals surface area contributed by atoms with Gasteiger partial charge in [0.05, 0.1) is 23.1 Å². The van der Waals surface area contributed by atoms with E-state index in [0.717, 1.165) is 16.7 Å². The predicted molar refractivity (Wildman–Crippen MR) is 86.8 cm³/mol. The van der Waals surface area contributed by atoms with Crippen LogP contribution < -0.4 is 5.32 Å². The Hall–Kier alpha value is -2.52. The monoisotopic (exact) mass is 311 g/mol. The van der Waals surface area contributed by atoms with E-state index in [1.165, 1.54) is 0 Å². The van der Waals surface area contributed by atoms with E-state index < -0.39 is 0 Å². The number of carbonyl (C=O) groups excluding carboxylic acids is 1. The molecule has 3 aromatic rings. The molecule has 0 fully saturated rings. The summed E-state index contributed by atoms with van der Waals surface area (Å²) in [5.41, 5.74) is 3.62. The lowest BCUT2D eigenvalue weighted by Crippen LogP contribution is -2.23. The molecule has 4 heteroatoms. The summed E-state index contributed by atoms with van der Waals surface area (Å²) >= 11 is 6.01. The van der Waals surface area contributed by atoms with Crippen LogP contribution in [-0.2, 0) is 6.54 Å². The average molecular weight is 312 g/mol. The summed E-state index contributed by atoms with van der Waals surface area (Å²) < 4.78 is 5.07. The molecule has 0 unspecified atom stereocenters. The van der Waals surface area contributed by atoms with Gasteiger partial charge in [-0.2, -0.15) is 0 Å². The summed E-state index contributed by atoms with van der Waals surface area (Å²) in [7, 11) is 0. The Morgan fingerprint density at radius 1 is 1.00 bits per heavy atom. The van der Waals surface area contributed by atoms with E-state index in [2.05, 4.69) is 5.32 Å². The number of carbonyl (C=O) groups is 1. The Morgan fingerprint density at radius 2 is 1.77 bits per heavy atom. The van der Waals surface area contributed by atoms with E-state index >= 15 is 0 Å². The van der Waals surface area contributed by atoms with Crippen molar-refractivity contribution in [3.05, 3.63) is 83.3 Å². The zero-order valence-corrected chi connectivity index (χ0v) is 12.5. The Balaban J connectivity index is 1.64. The van der Waals surface area contributed by atoms with E-state index in [0.29, 0.717) is 17.1 Å². The Morgan fingerprint density at radius 3 is 2.45 bits per heavy atom. The molecule has 2 aromatic carbocycles. The minimum atomic E-state index is -0.176. The third kappa shape index (κ3) is 3.21. The van der Waals surface area contributed by atoms with Gasteiger partial charge in [-0.05, 0) is 29.3 Å². The molecule has 3 rings (SSSR count). The van der Waals surface area contributed by atoms with Gasteiger partial charge in [0.25, 0.3) is 5.91 Å². The minimum absolute atomic E-state index is 0.176. The van der Waals surface area contributed by atoms with Crippen molar-refractivity contribution in [2.45, 2.75) is 6.54 Å². The second-order valence-corrected chi connectivity index (χ2v) is 5.28. The zero-order chi connectivity index (χ0) is 15.4. The van der Waals surface area contributed by atoms with Gasteiger partial charge in [-0.1, -0.05) is 48.0 Å². The van der Waals surface area contributed by atoms with E-state index in [1.807, 2.05) is 30.3 Å². The van der Waals surface area contributed by atoms with Crippen LogP contribution in [0, 0.1) is 0 Å². The minimum Gasteiger partial charge on any atom is -0.472 e. The molecule has 1 aromatic heterocycles. The molecule has 1 heterocycles. The first-order valence-corrected chi connectivity index (χ1v) is 7.26. The van der Waals surface area contributed by atoms with Gasteiger partial charge in [0, 0.05) is 12.1 Å². The fourth-order valence-corrected chi connectivity index (χ4v) is 2.39. The maximum Gasteiger partial charge on any atom is 0.253 e. The molecule has 0 aliphatic carbocycles. The van der Waals surface area contributed by atoms with Crippen LogP contribution in [0.2, 0.25) is 5.02 Å². The molecule has 0 saturated heterocycles. The number of benzene rings is 2. The molecule has 0 radical (unpaired) electrons. The molecule has 0 aliphatic rings. The summed E-state index contributed by atoms with van der Waals surface area (Å²) in [6, 6.07) is 16.9. The van der Waals surface area contributed by atoms with E-state index in [9.17, 15) is 4.79 Å². The lowest BCUT2D eigenvalue weighted by molar-refractivity contribution is 0.0951. The number of halogens is 1. The van der Waals surface area contributed by atoms with Crippen molar-refractivity contribution in [3.8, 4) is 11.1 Å². The quantitative estimate of drug-likeness (QED) is 0.769. The maximum absolute atomic E-state index is 12.1. The molecule has 1 amide bonds. The standard InChI is InChI=1S/C18H14ClNO2/c19-17-4-2-1-3-16(17)18(21)20-11-13-5-7-14(8-6-13)15-9-10-22-12-15/h1-10,12H,11H2,(H,20,21). The first-order valence-electron chi connectivity index (χ1n) is 6.88. The molecule has 22 heavy (non-hydrogen) atoms. The zero-order valence-electron chi connectivity index (χ0n) is 11.8. The van der Waals surface area contributed by atoms with Crippen LogP contribution in [0.1, 0.15) is 15.9 Å². The Bertz CT molecular complexity index is 764. The third-order valence-electron chi connectivity index (χ3n) is 3.38. The largest absolute Gasteiger partial charge is 0.472 e. The van der Waals surface area contributed by atoms with Gasteiger partial charge in [0.1, 0.15) is 0 Å². The molecule has 0 aliphatic heterocycles. The number of rotatable bonds is 4. The van der Waals surface area contributed by atoms with Crippen LogP contribution in [0.3, 0.4) is 0 Å². The number of nitrogens with one attached hydrogen (secondary N) is 1. The van der Waals surface area contributed by atoms with Crippen molar-refractivity contribution in [2.24, 2.45) is 0 Å². The van der Waals surface area contributed by atoms with Crippen LogP contribution in [0.5, 0.6) is 0 Å². The highest BCUT2D eigenvalue weighted by Gasteiger charge is 2.08. The highest BCUT2D eigenvalue weighted by atomic mass is 35.5. The summed E-state index contributed by atoms with van der Waals surface area (Å²) in [4.78, 5) is 12.1. The molecule has 1 N–H and O–H groups in total. The fourth-order valence-electron chi connectivity index (χ4n) is 2.17. The SMILES string of the molecule is O=C(NCc1ccc(-c2ccoc2)cc1)c1ccccc1Cl. The van der Waals surface area contributed by atoms with Gasteiger partial charge >= 0.3 is 0 Å². The molecule has 0 spiro atoms. The number of amides is 1. The smallest absolute Gasteiger partial charge is 0.253 e. The van der Waals surface area contributed by atoms with Crippen LogP contribution in [0.25, 0.3) is 11.1 Å². The van der Waals surface area contributed by atoms with Gasteiger partial charge in [-0.25, -0.2) is 0 Å². The molecule has 3 nitrogen and oxygen atoms in total. The van der Waals surface area contributed by atoms with E-state index in [4.69, 9.17) is 16.0 Å². The van der Waals surface area contributed by atoms with Crippen LogP contribution in [0.15, 0.2) is 71.5 Å². The molecular formula is C18H14ClNO2. The number of hydrogen-bond donors (Lipinski definition) is 1. The lowest BCUT2D eigenvalue weighted by Gasteiger charge is -2.07. The van der Waals surface area contributed by atoms with Crippen molar-refractivity contribution in [3.63, 3.8) is 0 Å². The van der Waals surface area contributed by atoms with Crippen LogP contribution in [0.4, 0.5) is 0 Å². The molecule has 110 valence electrons. The fraction of sp³-hybridized carbons (Fsp3) is 0.0556. The van der Waals surface area contributed by atoms with Crippen molar-refractivity contribution < 1.29 is 9.21 Å². The van der Waals surface area contributed by atoms with Gasteiger partial charge in [0.2, 0.25) is 0 Å². The van der Waals surface area contributed by atoms with Crippen molar-refractivity contribution in [1.82, 2.24) is 5.32 Å². The first-order chi connectivity index (χ1) is 10.7. The number of hydrogen-bond acceptors (Lipinski definition) is 2. The Labute approximate surface area is 133 Å². The van der Waals surface area contributed by atoms with Crippen molar-refractivity contribution in [2.75, 3.05) is 0 Å². The lowest BCUT2D eigenvalue weighted by atomic mass is 10.1. The topological polar surface area (TPSA) is 42.2 Å². The third-order valence-corrected chi connectivity index (χ3v) is 3.71. The normalized spacial score (nSPS) is 10.4. The highest BCUT2D eigenvalue weighted by molar-refractivity contribution is 6.33. The molecule has 0 saturated carbocycles. The highest BCUT2D eigenvalue weighted by Crippen LogP contribution is 2.20. The second-order valence-electron chi connectivity index (χ2n) is 4.87. The van der Waals surface area contributed by atoms with E-state index in [1.54, 1.807) is 36.8 Å². The molecule has 0 atom stereocenters. The van der Waals surface area contributed by atoms with Crippen LogP contribution >= 0.6 is 11.6 Å². The first kappa shape index (κ1) is 14.4. The number of furan rings is 1. The predicted octanol–water partition coefficient (Wildman–Crippen LogP) is 4.53. The van der Waals surface area contributed by atoms with E-state index in [-0.39, 0.29) is 5.91 Å². The van der Waals surface area contributed by atoms with Gasteiger partial charge in [-0.3, -0.25) is 4.79 Å². The molecular weight excluding hydrogens is 298 g/mol. The second kappa shape index (κ2) is 6.50. The molecule has 0 bridgehead atoms. The van der Waals surface area contributed by atoms with Gasteiger partial charge < -0.3 is 9.73 Å². The summed E-state index contributed by atoms with van der Waals surface area (Å²) in [6.07, 6.45) is 3.35. The summed E-state index contributed by atoms with van der Waals surface area (Å²) in [5, 5.41) is 3.32. The van der Waals surface area contributed by atoms with Gasteiger partial charge in [-0.15, -0.1) is 0 Å². The Kier molecular flexibility index (Phi) is 4.26. The summed E-state index contributed by atoms with van der Waals surface area (Å²) in [6.45, 7) is 0.454.